The molecule has 2 amide bonds. The first kappa shape index (κ1) is 12.6. The Morgan fingerprint density at radius 1 is 1.62 bits per heavy atom. The van der Waals surface area contributed by atoms with Crippen molar-refractivity contribution in [2.24, 2.45) is 5.92 Å². The number of carbonyl (C=O) groups is 3. The number of nitrogens with zero attached hydrogens (tertiary/aromatic N) is 1. The molecule has 90 valence electrons. The molecule has 2 N–H and O–H groups in total. The Hall–Kier alpha value is -1.43. The predicted octanol–water partition coefficient (Wildman–Crippen LogP) is -0.556. The average Bonchev–Trinajstić information content (AvgIpc) is 2.16. The summed E-state index contributed by atoms with van der Waals surface area (Å²) in [6, 6.07) is -0.403. The lowest BCUT2D eigenvalue weighted by Crippen LogP contribution is -2.58. The highest BCUT2D eigenvalue weighted by atomic mass is 16.4. The van der Waals surface area contributed by atoms with Gasteiger partial charge in [0, 0.05) is 6.54 Å². The first-order valence-corrected chi connectivity index (χ1v) is 5.26. The summed E-state index contributed by atoms with van der Waals surface area (Å²) in [6.07, 6.45) is 0.561. The smallest absolute Gasteiger partial charge is 0.307 e. The Kier molecular flexibility index (Phi) is 4.00. The Balaban J connectivity index is 2.71. The fraction of sp³-hybridized carbons (Fsp3) is 0.700. The van der Waals surface area contributed by atoms with Crippen molar-refractivity contribution in [3.8, 4) is 0 Å². The molecule has 1 fully saturated rings. The minimum atomic E-state index is -0.923. The molecule has 1 heterocycles. The summed E-state index contributed by atoms with van der Waals surface area (Å²) < 4.78 is 0. The van der Waals surface area contributed by atoms with Crippen LogP contribution in [0, 0.1) is 5.92 Å². The number of hydrogen-bond donors (Lipinski definition) is 2. The summed E-state index contributed by atoms with van der Waals surface area (Å²) >= 11 is 0. The van der Waals surface area contributed by atoms with Gasteiger partial charge in [-0.05, 0) is 6.42 Å². The Labute approximate surface area is 93.6 Å². The van der Waals surface area contributed by atoms with Gasteiger partial charge in [0.2, 0.25) is 11.8 Å². The molecule has 1 rings (SSSR count). The minimum absolute atomic E-state index is 0.0852. The second kappa shape index (κ2) is 5.07. The molecule has 1 aliphatic heterocycles. The van der Waals surface area contributed by atoms with Crippen LogP contribution in [0.4, 0.5) is 0 Å². The number of nitrogens with one attached hydrogen (secondary N) is 1. The van der Waals surface area contributed by atoms with Crippen molar-refractivity contribution in [1.29, 1.82) is 0 Å². The summed E-state index contributed by atoms with van der Waals surface area (Å²) in [5, 5.41) is 11.0. The number of rotatable bonds is 4. The topological polar surface area (TPSA) is 86.7 Å². The molecule has 0 saturated carbocycles. The van der Waals surface area contributed by atoms with E-state index in [9.17, 15) is 14.4 Å². The first-order chi connectivity index (χ1) is 7.45. The normalized spacial score (nSPS) is 24.0. The van der Waals surface area contributed by atoms with Crippen molar-refractivity contribution in [1.82, 2.24) is 10.2 Å². The van der Waals surface area contributed by atoms with E-state index in [1.54, 1.807) is 11.8 Å². The highest BCUT2D eigenvalue weighted by Gasteiger charge is 2.33. The molecule has 0 bridgehead atoms. The second-order valence-electron chi connectivity index (χ2n) is 4.01. The molecule has 0 aliphatic carbocycles. The third-order valence-electron chi connectivity index (χ3n) is 2.67. The van der Waals surface area contributed by atoms with Crippen LogP contribution in [0.5, 0.6) is 0 Å². The fourth-order valence-corrected chi connectivity index (χ4v) is 1.79. The van der Waals surface area contributed by atoms with Gasteiger partial charge in [-0.15, -0.1) is 0 Å². The predicted molar refractivity (Wildman–Crippen MR) is 55.6 cm³/mol. The maximum absolute atomic E-state index is 11.5. The van der Waals surface area contributed by atoms with Gasteiger partial charge < -0.3 is 5.11 Å². The molecule has 6 nitrogen and oxygen atoms in total. The zero-order chi connectivity index (χ0) is 12.3. The standard InChI is InChI=1S/C10H16N2O4/c1-3-7-9(14)11-8(13)5-12(7)4-6(2)10(15)16/h6-7H,3-5H2,1-2H3,(H,15,16)(H,11,13,14). The third kappa shape index (κ3) is 2.79. The molecule has 2 unspecified atom stereocenters. The van der Waals surface area contributed by atoms with Crippen molar-refractivity contribution >= 4 is 17.8 Å². The number of imide groups is 1. The molecule has 0 aromatic heterocycles. The van der Waals surface area contributed by atoms with E-state index >= 15 is 0 Å². The van der Waals surface area contributed by atoms with Crippen LogP contribution in [0.15, 0.2) is 0 Å². The summed E-state index contributed by atoms with van der Waals surface area (Å²) in [4.78, 5) is 35.0. The zero-order valence-corrected chi connectivity index (χ0v) is 9.40. The fourth-order valence-electron chi connectivity index (χ4n) is 1.79. The van der Waals surface area contributed by atoms with E-state index in [0.29, 0.717) is 6.42 Å². The molecule has 1 aliphatic rings. The summed E-state index contributed by atoms with van der Waals surface area (Å²) in [6.45, 7) is 3.69. The molecule has 16 heavy (non-hydrogen) atoms. The summed E-state index contributed by atoms with van der Waals surface area (Å²) in [5.74, 6) is -2.22. The number of carboxylic acid groups (broad SMARTS) is 1. The molecule has 6 heteroatoms. The second-order valence-corrected chi connectivity index (χ2v) is 4.01. The van der Waals surface area contributed by atoms with E-state index in [4.69, 9.17) is 5.11 Å². The highest BCUT2D eigenvalue weighted by molar-refractivity contribution is 6.01. The van der Waals surface area contributed by atoms with Gasteiger partial charge in [-0.2, -0.15) is 0 Å². The number of carboxylic acids is 1. The lowest BCUT2D eigenvalue weighted by molar-refractivity contribution is -0.146. The van der Waals surface area contributed by atoms with Gasteiger partial charge in [0.15, 0.2) is 0 Å². The van der Waals surface area contributed by atoms with E-state index in [1.165, 1.54) is 0 Å². The molecular formula is C10H16N2O4. The van der Waals surface area contributed by atoms with Crippen molar-refractivity contribution in [3.63, 3.8) is 0 Å². The average molecular weight is 228 g/mol. The Morgan fingerprint density at radius 3 is 2.75 bits per heavy atom. The van der Waals surface area contributed by atoms with Crippen LogP contribution in [0.3, 0.4) is 0 Å². The van der Waals surface area contributed by atoms with Crippen molar-refractivity contribution in [2.75, 3.05) is 13.1 Å². The van der Waals surface area contributed by atoms with Gasteiger partial charge in [0.1, 0.15) is 0 Å². The quantitative estimate of drug-likeness (QED) is 0.630. The first-order valence-electron chi connectivity index (χ1n) is 5.26. The molecule has 2 atom stereocenters. The maximum Gasteiger partial charge on any atom is 0.307 e. The van der Waals surface area contributed by atoms with E-state index in [0.717, 1.165) is 0 Å². The number of carbonyl (C=O) groups excluding carboxylic acids is 2. The number of hydrogen-bond acceptors (Lipinski definition) is 4. The van der Waals surface area contributed by atoms with Gasteiger partial charge in [-0.3, -0.25) is 24.6 Å². The SMILES string of the molecule is CCC1C(=O)NC(=O)CN1CC(C)C(=O)O. The lowest BCUT2D eigenvalue weighted by Gasteiger charge is -2.34. The number of amides is 2. The van der Waals surface area contributed by atoms with E-state index in [-0.39, 0.29) is 24.9 Å². The zero-order valence-electron chi connectivity index (χ0n) is 9.40. The lowest BCUT2D eigenvalue weighted by atomic mass is 10.1. The van der Waals surface area contributed by atoms with Gasteiger partial charge in [0.25, 0.3) is 0 Å². The molecular weight excluding hydrogens is 212 g/mol. The van der Waals surface area contributed by atoms with E-state index in [2.05, 4.69) is 5.32 Å². The van der Waals surface area contributed by atoms with Gasteiger partial charge in [0.05, 0.1) is 18.5 Å². The summed E-state index contributed by atoms with van der Waals surface area (Å²) in [5.41, 5.74) is 0. The van der Waals surface area contributed by atoms with Gasteiger partial charge >= 0.3 is 5.97 Å². The van der Waals surface area contributed by atoms with Crippen LogP contribution in [0.2, 0.25) is 0 Å². The van der Waals surface area contributed by atoms with Crippen LogP contribution >= 0.6 is 0 Å². The summed E-state index contributed by atoms with van der Waals surface area (Å²) in [7, 11) is 0. The number of aliphatic carboxylic acids is 1. The maximum atomic E-state index is 11.5. The third-order valence-corrected chi connectivity index (χ3v) is 2.67. The molecule has 0 spiro atoms. The van der Waals surface area contributed by atoms with Crippen molar-refractivity contribution < 1.29 is 19.5 Å². The minimum Gasteiger partial charge on any atom is -0.481 e. The van der Waals surface area contributed by atoms with Crippen LogP contribution in [0.1, 0.15) is 20.3 Å². The molecule has 0 aromatic carbocycles. The largest absolute Gasteiger partial charge is 0.481 e. The van der Waals surface area contributed by atoms with Crippen molar-refractivity contribution in [3.05, 3.63) is 0 Å². The van der Waals surface area contributed by atoms with Gasteiger partial charge in [-0.25, -0.2) is 0 Å². The highest BCUT2D eigenvalue weighted by Crippen LogP contribution is 2.11. The number of piperazine rings is 1. The van der Waals surface area contributed by atoms with Crippen LogP contribution in [0.25, 0.3) is 0 Å². The van der Waals surface area contributed by atoms with E-state index < -0.39 is 17.9 Å². The Bertz CT molecular complexity index is 316. The van der Waals surface area contributed by atoms with Crippen LogP contribution in [-0.2, 0) is 14.4 Å². The van der Waals surface area contributed by atoms with Crippen LogP contribution < -0.4 is 5.32 Å². The molecule has 0 radical (unpaired) electrons. The monoisotopic (exact) mass is 228 g/mol. The van der Waals surface area contributed by atoms with Crippen molar-refractivity contribution in [2.45, 2.75) is 26.3 Å². The molecule has 0 aromatic rings. The van der Waals surface area contributed by atoms with Crippen LogP contribution in [-0.4, -0.2) is 46.9 Å². The van der Waals surface area contributed by atoms with Gasteiger partial charge in [-0.1, -0.05) is 13.8 Å². The Morgan fingerprint density at radius 2 is 2.25 bits per heavy atom. The molecule has 1 saturated heterocycles. The van der Waals surface area contributed by atoms with E-state index in [1.807, 2.05) is 6.92 Å².